The van der Waals surface area contributed by atoms with Crippen LogP contribution >= 0.6 is 0 Å². The third kappa shape index (κ3) is 2.97. The molecule has 1 aromatic rings. The van der Waals surface area contributed by atoms with Crippen LogP contribution in [0.5, 0.6) is 5.75 Å². The van der Waals surface area contributed by atoms with Crippen molar-refractivity contribution in [1.29, 1.82) is 0 Å². The van der Waals surface area contributed by atoms with Crippen molar-refractivity contribution in [2.24, 2.45) is 0 Å². The van der Waals surface area contributed by atoms with Gasteiger partial charge in [-0.25, -0.2) is 0 Å². The van der Waals surface area contributed by atoms with Gasteiger partial charge < -0.3 is 14.4 Å². The highest BCUT2D eigenvalue weighted by molar-refractivity contribution is 5.94. The largest absolute Gasteiger partial charge is 0.494 e. The molecule has 1 fully saturated rings. The number of ether oxygens (including phenoxy) is 2. The summed E-state index contributed by atoms with van der Waals surface area (Å²) in [5.74, 6) is 0.863. The molecule has 0 saturated carbocycles. The maximum Gasteiger partial charge on any atom is 0.254 e. The maximum absolute atomic E-state index is 12.1. The second-order valence-corrected chi connectivity index (χ2v) is 3.86. The minimum atomic E-state index is 0.0661. The van der Waals surface area contributed by atoms with E-state index in [1.807, 2.05) is 36.1 Å². The molecule has 0 N–H and O–H groups in total. The number of benzene rings is 1. The lowest BCUT2D eigenvalue weighted by atomic mass is 10.2. The fourth-order valence-electron chi connectivity index (χ4n) is 1.81. The van der Waals surface area contributed by atoms with Gasteiger partial charge in [-0.05, 0) is 31.2 Å². The van der Waals surface area contributed by atoms with Crippen molar-refractivity contribution in [3.05, 3.63) is 29.8 Å². The van der Waals surface area contributed by atoms with Crippen LogP contribution in [0, 0.1) is 0 Å². The van der Waals surface area contributed by atoms with Crippen molar-refractivity contribution < 1.29 is 14.3 Å². The molecule has 1 aliphatic heterocycles. The summed E-state index contributed by atoms with van der Waals surface area (Å²) in [6.45, 7) is 5.17. The first-order valence-electron chi connectivity index (χ1n) is 5.91. The quantitative estimate of drug-likeness (QED) is 0.798. The molecule has 0 spiro atoms. The third-order valence-electron chi connectivity index (χ3n) is 2.71. The van der Waals surface area contributed by atoms with Crippen LogP contribution in [0.15, 0.2) is 24.3 Å². The molecule has 0 atom stereocenters. The van der Waals surface area contributed by atoms with E-state index in [2.05, 4.69) is 0 Å². The first-order valence-corrected chi connectivity index (χ1v) is 5.91. The summed E-state index contributed by atoms with van der Waals surface area (Å²) < 4.78 is 10.6. The Morgan fingerprint density at radius 3 is 2.53 bits per heavy atom. The number of hydrogen-bond acceptors (Lipinski definition) is 3. The van der Waals surface area contributed by atoms with Crippen LogP contribution < -0.4 is 4.74 Å². The summed E-state index contributed by atoms with van der Waals surface area (Å²) >= 11 is 0. The predicted octanol–water partition coefficient (Wildman–Crippen LogP) is 1.56. The van der Waals surface area contributed by atoms with E-state index < -0.39 is 0 Å². The normalized spacial score (nSPS) is 15.7. The van der Waals surface area contributed by atoms with Gasteiger partial charge in [-0.1, -0.05) is 0 Å². The van der Waals surface area contributed by atoms with E-state index in [1.54, 1.807) is 0 Å². The molecule has 2 rings (SSSR count). The molecule has 1 amide bonds. The Bertz CT molecular complexity index is 369. The average molecular weight is 235 g/mol. The van der Waals surface area contributed by atoms with E-state index >= 15 is 0 Å². The zero-order valence-corrected chi connectivity index (χ0v) is 10.0. The van der Waals surface area contributed by atoms with E-state index in [9.17, 15) is 4.79 Å². The van der Waals surface area contributed by atoms with E-state index in [4.69, 9.17) is 9.47 Å². The first kappa shape index (κ1) is 11.9. The Morgan fingerprint density at radius 2 is 1.94 bits per heavy atom. The lowest BCUT2D eigenvalue weighted by Crippen LogP contribution is -2.40. The van der Waals surface area contributed by atoms with Crippen LogP contribution in [0.2, 0.25) is 0 Å². The van der Waals surface area contributed by atoms with E-state index in [1.165, 1.54) is 0 Å². The molecule has 4 nitrogen and oxygen atoms in total. The van der Waals surface area contributed by atoms with Gasteiger partial charge in [0.15, 0.2) is 0 Å². The molecule has 1 aromatic carbocycles. The number of amides is 1. The van der Waals surface area contributed by atoms with Gasteiger partial charge in [-0.15, -0.1) is 0 Å². The van der Waals surface area contributed by atoms with Gasteiger partial charge >= 0.3 is 0 Å². The highest BCUT2D eigenvalue weighted by atomic mass is 16.5. The molecule has 0 radical (unpaired) electrons. The molecule has 0 bridgehead atoms. The Kier molecular flexibility index (Phi) is 3.98. The minimum Gasteiger partial charge on any atom is -0.494 e. The summed E-state index contributed by atoms with van der Waals surface area (Å²) in [4.78, 5) is 13.9. The van der Waals surface area contributed by atoms with Gasteiger partial charge in [0.25, 0.3) is 5.91 Å². The zero-order chi connectivity index (χ0) is 12.1. The number of hydrogen-bond donors (Lipinski definition) is 0. The minimum absolute atomic E-state index is 0.0661. The standard InChI is InChI=1S/C13H17NO3/c1-2-17-12-5-3-11(4-6-12)13(15)14-7-9-16-10-8-14/h3-6H,2,7-10H2,1H3. The average Bonchev–Trinajstić information content (AvgIpc) is 2.40. The van der Waals surface area contributed by atoms with Gasteiger partial charge in [0.05, 0.1) is 19.8 Å². The Balaban J connectivity index is 2.03. The fourth-order valence-corrected chi connectivity index (χ4v) is 1.81. The number of nitrogens with zero attached hydrogens (tertiary/aromatic N) is 1. The second kappa shape index (κ2) is 5.68. The summed E-state index contributed by atoms with van der Waals surface area (Å²) in [7, 11) is 0. The van der Waals surface area contributed by atoms with Crippen LogP contribution in [0.3, 0.4) is 0 Å². The molecule has 17 heavy (non-hydrogen) atoms. The Labute approximate surface area is 101 Å². The van der Waals surface area contributed by atoms with E-state index in [0.717, 1.165) is 5.75 Å². The molecule has 92 valence electrons. The lowest BCUT2D eigenvalue weighted by Gasteiger charge is -2.26. The van der Waals surface area contributed by atoms with Crippen molar-refractivity contribution in [3.63, 3.8) is 0 Å². The summed E-state index contributed by atoms with van der Waals surface area (Å²) in [5.41, 5.74) is 0.704. The molecular weight excluding hydrogens is 218 g/mol. The fraction of sp³-hybridized carbons (Fsp3) is 0.462. The molecular formula is C13H17NO3. The van der Waals surface area contributed by atoms with Gasteiger partial charge in [-0.2, -0.15) is 0 Å². The van der Waals surface area contributed by atoms with Crippen LogP contribution in [0.4, 0.5) is 0 Å². The van der Waals surface area contributed by atoms with Crippen molar-refractivity contribution >= 4 is 5.91 Å². The van der Waals surface area contributed by atoms with Gasteiger partial charge in [0, 0.05) is 18.7 Å². The topological polar surface area (TPSA) is 38.8 Å². The van der Waals surface area contributed by atoms with Crippen LogP contribution in [-0.4, -0.2) is 43.7 Å². The first-order chi connectivity index (χ1) is 8.31. The summed E-state index contributed by atoms with van der Waals surface area (Å²) in [6.07, 6.45) is 0. The second-order valence-electron chi connectivity index (χ2n) is 3.86. The molecule has 0 unspecified atom stereocenters. The number of morpholine rings is 1. The SMILES string of the molecule is CCOc1ccc(C(=O)N2CCOCC2)cc1. The van der Waals surface area contributed by atoms with Crippen molar-refractivity contribution in [3.8, 4) is 5.75 Å². The summed E-state index contributed by atoms with van der Waals surface area (Å²) in [6, 6.07) is 7.28. The van der Waals surface area contributed by atoms with Crippen molar-refractivity contribution in [2.45, 2.75) is 6.92 Å². The number of carbonyl (C=O) groups excluding carboxylic acids is 1. The van der Waals surface area contributed by atoms with Crippen LogP contribution in [0.1, 0.15) is 17.3 Å². The summed E-state index contributed by atoms with van der Waals surface area (Å²) in [5, 5.41) is 0. The van der Waals surface area contributed by atoms with Gasteiger partial charge in [0.2, 0.25) is 0 Å². The molecule has 1 aliphatic rings. The van der Waals surface area contributed by atoms with Crippen molar-refractivity contribution in [1.82, 2.24) is 4.90 Å². The number of rotatable bonds is 3. The lowest BCUT2D eigenvalue weighted by molar-refractivity contribution is 0.0303. The molecule has 0 aromatic heterocycles. The zero-order valence-electron chi connectivity index (χ0n) is 10.0. The molecule has 1 saturated heterocycles. The highest BCUT2D eigenvalue weighted by Gasteiger charge is 2.18. The van der Waals surface area contributed by atoms with E-state index in [0.29, 0.717) is 38.5 Å². The van der Waals surface area contributed by atoms with Crippen molar-refractivity contribution in [2.75, 3.05) is 32.9 Å². The van der Waals surface area contributed by atoms with Gasteiger partial charge in [0.1, 0.15) is 5.75 Å². The smallest absolute Gasteiger partial charge is 0.254 e. The highest BCUT2D eigenvalue weighted by Crippen LogP contribution is 2.14. The third-order valence-corrected chi connectivity index (χ3v) is 2.71. The Hall–Kier alpha value is -1.55. The predicted molar refractivity (Wildman–Crippen MR) is 64.3 cm³/mol. The monoisotopic (exact) mass is 235 g/mol. The van der Waals surface area contributed by atoms with Crippen LogP contribution in [0.25, 0.3) is 0 Å². The maximum atomic E-state index is 12.1. The Morgan fingerprint density at radius 1 is 1.29 bits per heavy atom. The molecule has 1 heterocycles. The molecule has 0 aliphatic carbocycles. The van der Waals surface area contributed by atoms with Gasteiger partial charge in [-0.3, -0.25) is 4.79 Å². The van der Waals surface area contributed by atoms with Crippen LogP contribution in [-0.2, 0) is 4.74 Å². The number of carbonyl (C=O) groups is 1. The molecule has 4 heteroatoms. The van der Waals surface area contributed by atoms with E-state index in [-0.39, 0.29) is 5.91 Å².